The molecule has 2 aliphatic rings. The number of nitrogens with zero attached hydrogens (tertiary/aromatic N) is 2. The average Bonchev–Trinajstić information content (AvgIpc) is 3.35. The summed E-state index contributed by atoms with van der Waals surface area (Å²) in [4.78, 5) is 6.02. The molecule has 3 aromatic rings. The van der Waals surface area contributed by atoms with E-state index in [1.54, 1.807) is 12.1 Å². The monoisotopic (exact) mass is 417 g/mol. The molecular formula is C22H22F3N3O2. The fourth-order valence-corrected chi connectivity index (χ4v) is 4.46. The zero-order valence-corrected chi connectivity index (χ0v) is 16.4. The number of oxazole rings is 1. The molecule has 30 heavy (non-hydrogen) atoms. The average molecular weight is 417 g/mol. The van der Waals surface area contributed by atoms with Gasteiger partial charge in [0, 0.05) is 12.1 Å². The van der Waals surface area contributed by atoms with E-state index in [-0.39, 0.29) is 23.2 Å². The first-order valence-corrected chi connectivity index (χ1v) is 10.1. The summed E-state index contributed by atoms with van der Waals surface area (Å²) in [5, 5.41) is 3.46. The summed E-state index contributed by atoms with van der Waals surface area (Å²) in [5.41, 5.74) is 1.77. The van der Waals surface area contributed by atoms with E-state index in [1.165, 1.54) is 6.07 Å². The Morgan fingerprint density at radius 1 is 1.13 bits per heavy atom. The Hall–Kier alpha value is -2.74. The summed E-state index contributed by atoms with van der Waals surface area (Å²) < 4.78 is 50.5. The molecule has 0 aliphatic carbocycles. The summed E-state index contributed by atoms with van der Waals surface area (Å²) in [6, 6.07) is 12.6. The molecule has 1 N–H and O–H groups in total. The van der Waals surface area contributed by atoms with Gasteiger partial charge in [-0.3, -0.25) is 4.90 Å². The minimum Gasteiger partial charge on any atom is -0.491 e. The molecule has 2 aliphatic heterocycles. The summed E-state index contributed by atoms with van der Waals surface area (Å²) in [6.07, 6.45) is -3.51. The minimum absolute atomic E-state index is 0.0603. The Morgan fingerprint density at radius 2 is 1.97 bits per heavy atom. The van der Waals surface area contributed by atoms with Crippen LogP contribution in [0.25, 0.3) is 11.1 Å². The number of benzene rings is 2. The molecule has 3 unspecified atom stereocenters. The lowest BCUT2D eigenvalue weighted by atomic mass is 9.94. The Labute approximate surface area is 171 Å². The van der Waals surface area contributed by atoms with Crippen LogP contribution in [0.3, 0.4) is 0 Å². The third-order valence-electron chi connectivity index (χ3n) is 5.94. The number of hydrogen-bond acceptors (Lipinski definition) is 5. The minimum atomic E-state index is -4.63. The van der Waals surface area contributed by atoms with Crippen molar-refractivity contribution in [3.63, 3.8) is 0 Å². The van der Waals surface area contributed by atoms with Crippen LogP contribution in [0.4, 0.5) is 18.9 Å². The quantitative estimate of drug-likeness (QED) is 0.642. The predicted molar refractivity (Wildman–Crippen MR) is 106 cm³/mol. The number of alkyl halides is 3. The van der Waals surface area contributed by atoms with Gasteiger partial charge in [0.25, 0.3) is 0 Å². The summed E-state index contributed by atoms with van der Waals surface area (Å²) in [7, 11) is 0. The van der Waals surface area contributed by atoms with Gasteiger partial charge in [-0.1, -0.05) is 31.2 Å². The van der Waals surface area contributed by atoms with Crippen LogP contribution in [0.2, 0.25) is 0 Å². The molecule has 158 valence electrons. The van der Waals surface area contributed by atoms with Crippen LogP contribution >= 0.6 is 0 Å². The number of halogens is 3. The van der Waals surface area contributed by atoms with Gasteiger partial charge in [-0.05, 0) is 37.1 Å². The van der Waals surface area contributed by atoms with Crippen LogP contribution in [0.15, 0.2) is 46.9 Å². The van der Waals surface area contributed by atoms with E-state index in [2.05, 4.69) is 22.1 Å². The number of likely N-dealkylation sites (tertiary alicyclic amines) is 1. The molecule has 0 radical (unpaired) electrons. The Morgan fingerprint density at radius 3 is 2.73 bits per heavy atom. The second-order valence-electron chi connectivity index (χ2n) is 8.10. The lowest BCUT2D eigenvalue weighted by Gasteiger charge is -2.39. The van der Waals surface area contributed by atoms with Crippen molar-refractivity contribution in [1.29, 1.82) is 0 Å². The molecule has 2 aromatic carbocycles. The van der Waals surface area contributed by atoms with Crippen molar-refractivity contribution in [3.8, 4) is 5.75 Å². The third-order valence-corrected chi connectivity index (χ3v) is 5.94. The normalized spacial score (nSPS) is 24.6. The number of fused-ring (bicyclic) bond motifs is 2. The molecule has 0 spiro atoms. The molecule has 5 rings (SSSR count). The first kappa shape index (κ1) is 19.2. The molecule has 5 nitrogen and oxygen atoms in total. The predicted octanol–water partition coefficient (Wildman–Crippen LogP) is 5.10. The second-order valence-corrected chi connectivity index (χ2v) is 8.10. The van der Waals surface area contributed by atoms with E-state index in [0.717, 1.165) is 30.8 Å². The van der Waals surface area contributed by atoms with Gasteiger partial charge in [-0.25, -0.2) is 4.98 Å². The number of ether oxygens (including phenoxy) is 1. The molecule has 1 saturated heterocycles. The summed E-state index contributed by atoms with van der Waals surface area (Å²) in [6.45, 7) is 4.69. The van der Waals surface area contributed by atoms with Crippen molar-refractivity contribution in [2.24, 2.45) is 5.92 Å². The first-order chi connectivity index (χ1) is 14.4. The van der Waals surface area contributed by atoms with E-state index < -0.39 is 12.1 Å². The Kier molecular flexibility index (Phi) is 4.61. The standard InChI is InChI=1S/C22H22F3N3O2/c1-13-9-10-28(11-13)17-12-29-18-8-3-2-5-14(18)19(17)26-15-6-4-7-16-20(15)30-21(27-16)22(23,24)25/h2-8,13,17,19,26H,9-12H2,1H3. The van der Waals surface area contributed by atoms with Crippen molar-refractivity contribution in [1.82, 2.24) is 9.88 Å². The van der Waals surface area contributed by atoms with E-state index in [1.807, 2.05) is 24.3 Å². The van der Waals surface area contributed by atoms with Gasteiger partial charge in [-0.2, -0.15) is 13.2 Å². The largest absolute Gasteiger partial charge is 0.491 e. The molecular weight excluding hydrogens is 395 g/mol. The number of rotatable bonds is 3. The van der Waals surface area contributed by atoms with E-state index >= 15 is 0 Å². The second kappa shape index (κ2) is 7.19. The third kappa shape index (κ3) is 3.39. The van der Waals surface area contributed by atoms with Gasteiger partial charge >= 0.3 is 12.1 Å². The molecule has 0 amide bonds. The lowest BCUT2D eigenvalue weighted by molar-refractivity contribution is -0.156. The zero-order chi connectivity index (χ0) is 20.9. The van der Waals surface area contributed by atoms with Crippen molar-refractivity contribution in [2.75, 3.05) is 25.0 Å². The van der Waals surface area contributed by atoms with Crippen LogP contribution in [0, 0.1) is 5.92 Å². The highest BCUT2D eigenvalue weighted by Gasteiger charge is 2.39. The number of para-hydroxylation sites is 2. The van der Waals surface area contributed by atoms with E-state index in [4.69, 9.17) is 9.15 Å². The van der Waals surface area contributed by atoms with Crippen molar-refractivity contribution < 1.29 is 22.3 Å². The van der Waals surface area contributed by atoms with Gasteiger partial charge in [0.1, 0.15) is 17.9 Å². The fraction of sp³-hybridized carbons (Fsp3) is 0.409. The highest BCUT2D eigenvalue weighted by molar-refractivity contribution is 5.86. The van der Waals surface area contributed by atoms with Crippen molar-refractivity contribution in [2.45, 2.75) is 31.6 Å². The number of hydrogen-bond donors (Lipinski definition) is 1. The molecule has 3 heterocycles. The highest BCUT2D eigenvalue weighted by Crippen LogP contribution is 2.40. The fourth-order valence-electron chi connectivity index (χ4n) is 4.46. The van der Waals surface area contributed by atoms with Crippen molar-refractivity contribution >= 4 is 16.8 Å². The maximum Gasteiger partial charge on any atom is 0.468 e. The van der Waals surface area contributed by atoms with Crippen LogP contribution in [0.5, 0.6) is 5.75 Å². The Balaban J connectivity index is 1.54. The van der Waals surface area contributed by atoms with Crippen LogP contribution in [-0.2, 0) is 6.18 Å². The first-order valence-electron chi connectivity index (χ1n) is 10.1. The number of aromatic nitrogens is 1. The number of nitrogens with one attached hydrogen (secondary N) is 1. The number of anilines is 1. The molecule has 8 heteroatoms. The topological polar surface area (TPSA) is 50.5 Å². The SMILES string of the molecule is CC1CCN(C2COc3ccccc3C2Nc2cccc3nc(C(F)(F)F)oc23)C1. The molecule has 1 aromatic heterocycles. The summed E-state index contributed by atoms with van der Waals surface area (Å²) in [5.74, 6) is 0.165. The van der Waals surface area contributed by atoms with E-state index in [9.17, 15) is 13.2 Å². The van der Waals surface area contributed by atoms with Crippen LogP contribution < -0.4 is 10.1 Å². The van der Waals surface area contributed by atoms with Gasteiger partial charge in [0.05, 0.1) is 17.8 Å². The van der Waals surface area contributed by atoms with Crippen LogP contribution in [-0.4, -0.2) is 35.6 Å². The molecule has 0 saturated carbocycles. The van der Waals surface area contributed by atoms with Crippen LogP contribution in [0.1, 0.15) is 30.8 Å². The molecule has 3 atom stereocenters. The maximum atomic E-state index is 13.1. The zero-order valence-electron chi connectivity index (χ0n) is 16.4. The van der Waals surface area contributed by atoms with Gasteiger partial charge in [-0.15, -0.1) is 0 Å². The highest BCUT2D eigenvalue weighted by atomic mass is 19.4. The smallest absolute Gasteiger partial charge is 0.468 e. The van der Waals surface area contributed by atoms with Gasteiger partial charge in [0.2, 0.25) is 0 Å². The lowest BCUT2D eigenvalue weighted by Crippen LogP contribution is -2.47. The van der Waals surface area contributed by atoms with Gasteiger partial charge < -0.3 is 14.5 Å². The molecule has 1 fully saturated rings. The molecule has 0 bridgehead atoms. The van der Waals surface area contributed by atoms with E-state index in [0.29, 0.717) is 18.2 Å². The summed E-state index contributed by atoms with van der Waals surface area (Å²) >= 11 is 0. The maximum absolute atomic E-state index is 13.1. The Bertz CT molecular complexity index is 1070. The van der Waals surface area contributed by atoms with Gasteiger partial charge in [0.15, 0.2) is 5.58 Å². The van der Waals surface area contributed by atoms with Crippen molar-refractivity contribution in [3.05, 3.63) is 53.9 Å².